The zero-order valence-corrected chi connectivity index (χ0v) is 13.1. The molecule has 0 fully saturated rings. The van der Waals surface area contributed by atoms with Gasteiger partial charge in [-0.3, -0.25) is 14.9 Å². The Labute approximate surface area is 133 Å². The van der Waals surface area contributed by atoms with Crippen molar-refractivity contribution in [2.45, 2.75) is 13.0 Å². The molecular formula is C14H19N3O6. The van der Waals surface area contributed by atoms with Crippen LogP contribution in [0.3, 0.4) is 0 Å². The van der Waals surface area contributed by atoms with Crippen LogP contribution in [0.1, 0.15) is 17.3 Å². The van der Waals surface area contributed by atoms with Gasteiger partial charge in [0.05, 0.1) is 17.1 Å². The lowest BCUT2D eigenvalue weighted by molar-refractivity contribution is -0.384. The summed E-state index contributed by atoms with van der Waals surface area (Å²) in [6.45, 7) is 2.04. The van der Waals surface area contributed by atoms with Gasteiger partial charge in [-0.25, -0.2) is 4.79 Å². The van der Waals surface area contributed by atoms with E-state index >= 15 is 0 Å². The van der Waals surface area contributed by atoms with E-state index in [1.165, 1.54) is 26.2 Å². The van der Waals surface area contributed by atoms with Crippen molar-refractivity contribution in [1.82, 2.24) is 5.32 Å². The summed E-state index contributed by atoms with van der Waals surface area (Å²) >= 11 is 0. The molecule has 2 N–H and O–H groups in total. The molecule has 0 spiro atoms. The number of ether oxygens (including phenoxy) is 2. The summed E-state index contributed by atoms with van der Waals surface area (Å²) in [4.78, 5) is 34.1. The number of carbonyl (C=O) groups excluding carboxylic acids is 2. The number of hydrogen-bond donors (Lipinski definition) is 2. The minimum absolute atomic E-state index is 0.0155. The fourth-order valence-corrected chi connectivity index (χ4v) is 1.73. The molecule has 0 heterocycles. The van der Waals surface area contributed by atoms with Crippen LogP contribution in [0.2, 0.25) is 0 Å². The first kappa shape index (κ1) is 18.4. The van der Waals surface area contributed by atoms with Crippen LogP contribution >= 0.6 is 0 Å². The first-order chi connectivity index (χ1) is 10.9. The van der Waals surface area contributed by atoms with Gasteiger partial charge < -0.3 is 20.1 Å². The van der Waals surface area contributed by atoms with E-state index in [1.807, 2.05) is 0 Å². The Balaban J connectivity index is 2.82. The Morgan fingerprint density at radius 3 is 2.65 bits per heavy atom. The zero-order valence-electron chi connectivity index (χ0n) is 13.1. The smallest absolute Gasteiger partial charge is 0.341 e. The van der Waals surface area contributed by atoms with Crippen molar-refractivity contribution < 1.29 is 24.0 Å². The Morgan fingerprint density at radius 2 is 2.09 bits per heavy atom. The number of benzene rings is 1. The Morgan fingerprint density at radius 1 is 1.39 bits per heavy atom. The van der Waals surface area contributed by atoms with Crippen LogP contribution in [0.5, 0.6) is 0 Å². The molecule has 1 aromatic carbocycles. The van der Waals surface area contributed by atoms with E-state index in [0.717, 1.165) is 6.07 Å². The molecule has 0 aliphatic heterocycles. The third kappa shape index (κ3) is 5.22. The molecule has 9 nitrogen and oxygen atoms in total. The molecule has 0 saturated heterocycles. The number of nitro groups is 1. The summed E-state index contributed by atoms with van der Waals surface area (Å²) < 4.78 is 9.85. The van der Waals surface area contributed by atoms with Crippen LogP contribution < -0.4 is 10.6 Å². The molecule has 1 atom stereocenters. The number of rotatable bonds is 8. The van der Waals surface area contributed by atoms with Gasteiger partial charge in [-0.15, -0.1) is 0 Å². The molecule has 0 unspecified atom stereocenters. The fourth-order valence-electron chi connectivity index (χ4n) is 1.73. The molecule has 9 heteroatoms. The quantitative estimate of drug-likeness (QED) is 0.316. The summed E-state index contributed by atoms with van der Waals surface area (Å²) in [7, 11) is 3.07. The molecule has 1 rings (SSSR count). The number of non-ortho nitro benzene ring substituents is 1. The van der Waals surface area contributed by atoms with Gasteiger partial charge in [0, 0.05) is 38.5 Å². The summed E-state index contributed by atoms with van der Waals surface area (Å²) in [6, 6.07) is 3.77. The predicted octanol–water partition coefficient (Wildman–Crippen LogP) is 0.944. The first-order valence-corrected chi connectivity index (χ1v) is 6.84. The van der Waals surface area contributed by atoms with Crippen LogP contribution in [0.4, 0.5) is 11.4 Å². The Kier molecular flexibility index (Phi) is 6.94. The van der Waals surface area contributed by atoms with E-state index in [0.29, 0.717) is 12.3 Å². The molecule has 1 amide bonds. The minimum Gasteiger partial charge on any atom is -0.449 e. The summed E-state index contributed by atoms with van der Waals surface area (Å²) in [6.07, 6.45) is -1.04. The lowest BCUT2D eigenvalue weighted by atomic mass is 10.1. The first-order valence-electron chi connectivity index (χ1n) is 6.84. The lowest BCUT2D eigenvalue weighted by Gasteiger charge is -2.14. The number of nitro benzene ring substituents is 1. The SMILES string of the molecule is CNc1ccc([N+](=O)[O-])cc1C(=O)O[C@@H](C)C(=O)NCCOC. The maximum atomic E-state index is 12.2. The van der Waals surface area contributed by atoms with Gasteiger partial charge in [0.15, 0.2) is 6.10 Å². The number of hydrogen-bond acceptors (Lipinski definition) is 7. The standard InChI is InChI=1S/C14H19N3O6/c1-9(13(18)16-6-7-22-3)23-14(19)11-8-10(17(20)21)4-5-12(11)15-2/h4-5,8-9,15H,6-7H2,1-3H3,(H,16,18)/t9-/m0/s1. The van der Waals surface area contributed by atoms with Crippen LogP contribution in [0, 0.1) is 10.1 Å². The molecular weight excluding hydrogens is 306 g/mol. The largest absolute Gasteiger partial charge is 0.449 e. The average Bonchev–Trinajstić information content (AvgIpc) is 2.53. The lowest BCUT2D eigenvalue weighted by Crippen LogP contribution is -2.37. The van der Waals surface area contributed by atoms with Gasteiger partial charge in [-0.1, -0.05) is 0 Å². The molecule has 0 aromatic heterocycles. The molecule has 0 radical (unpaired) electrons. The van der Waals surface area contributed by atoms with E-state index in [2.05, 4.69) is 10.6 Å². The van der Waals surface area contributed by atoms with Crippen molar-refractivity contribution in [2.75, 3.05) is 32.6 Å². The highest BCUT2D eigenvalue weighted by Crippen LogP contribution is 2.23. The number of methoxy groups -OCH3 is 1. The predicted molar refractivity (Wildman–Crippen MR) is 82.4 cm³/mol. The van der Waals surface area contributed by atoms with Gasteiger partial charge in [-0.2, -0.15) is 0 Å². The van der Waals surface area contributed by atoms with E-state index in [1.54, 1.807) is 7.05 Å². The van der Waals surface area contributed by atoms with Crippen molar-refractivity contribution in [2.24, 2.45) is 0 Å². The summed E-state index contributed by atoms with van der Waals surface area (Å²) in [5.74, 6) is -1.31. The molecule has 0 saturated carbocycles. The topological polar surface area (TPSA) is 120 Å². The van der Waals surface area contributed by atoms with Crippen molar-refractivity contribution >= 4 is 23.3 Å². The van der Waals surface area contributed by atoms with Crippen molar-refractivity contribution in [3.63, 3.8) is 0 Å². The second-order valence-corrected chi connectivity index (χ2v) is 4.57. The Hall–Kier alpha value is -2.68. The maximum absolute atomic E-state index is 12.2. The van der Waals surface area contributed by atoms with E-state index in [4.69, 9.17) is 9.47 Å². The monoisotopic (exact) mass is 325 g/mol. The second kappa shape index (κ2) is 8.69. The van der Waals surface area contributed by atoms with E-state index < -0.39 is 22.9 Å². The zero-order chi connectivity index (χ0) is 17.4. The minimum atomic E-state index is -1.04. The summed E-state index contributed by atoms with van der Waals surface area (Å²) in [5.41, 5.74) is 0.110. The van der Waals surface area contributed by atoms with Gasteiger partial charge in [0.1, 0.15) is 0 Å². The molecule has 0 aliphatic carbocycles. The van der Waals surface area contributed by atoms with Crippen LogP contribution in [-0.2, 0) is 14.3 Å². The van der Waals surface area contributed by atoms with Crippen molar-refractivity contribution in [1.29, 1.82) is 0 Å². The third-order valence-corrected chi connectivity index (χ3v) is 2.96. The normalized spacial score (nSPS) is 11.4. The third-order valence-electron chi connectivity index (χ3n) is 2.96. The second-order valence-electron chi connectivity index (χ2n) is 4.57. The average molecular weight is 325 g/mol. The molecule has 0 bridgehead atoms. The fraction of sp³-hybridized carbons (Fsp3) is 0.429. The highest BCUT2D eigenvalue weighted by Gasteiger charge is 2.22. The number of anilines is 1. The number of amides is 1. The maximum Gasteiger partial charge on any atom is 0.341 e. The van der Waals surface area contributed by atoms with E-state index in [-0.39, 0.29) is 17.8 Å². The number of nitrogens with one attached hydrogen (secondary N) is 2. The number of carbonyl (C=O) groups is 2. The highest BCUT2D eigenvalue weighted by atomic mass is 16.6. The summed E-state index contributed by atoms with van der Waals surface area (Å²) in [5, 5.41) is 16.1. The van der Waals surface area contributed by atoms with Gasteiger partial charge in [0.25, 0.3) is 11.6 Å². The highest BCUT2D eigenvalue weighted by molar-refractivity contribution is 5.98. The molecule has 23 heavy (non-hydrogen) atoms. The van der Waals surface area contributed by atoms with Crippen molar-refractivity contribution in [3.8, 4) is 0 Å². The van der Waals surface area contributed by atoms with Gasteiger partial charge in [0.2, 0.25) is 0 Å². The Bertz CT molecular complexity index is 590. The van der Waals surface area contributed by atoms with Gasteiger partial charge >= 0.3 is 5.97 Å². The number of esters is 1. The molecule has 0 aliphatic rings. The van der Waals surface area contributed by atoms with E-state index in [9.17, 15) is 19.7 Å². The number of nitrogens with zero attached hydrogens (tertiary/aromatic N) is 1. The van der Waals surface area contributed by atoms with Gasteiger partial charge in [-0.05, 0) is 13.0 Å². The molecule has 1 aromatic rings. The van der Waals surface area contributed by atoms with Crippen LogP contribution in [-0.4, -0.2) is 50.2 Å². The van der Waals surface area contributed by atoms with Crippen molar-refractivity contribution in [3.05, 3.63) is 33.9 Å². The molecule has 126 valence electrons. The van der Waals surface area contributed by atoms with Crippen LogP contribution in [0.25, 0.3) is 0 Å². The van der Waals surface area contributed by atoms with Crippen LogP contribution in [0.15, 0.2) is 18.2 Å².